The minimum Gasteiger partial charge on any atom is -0.507 e. The van der Waals surface area contributed by atoms with E-state index in [-0.39, 0.29) is 23.0 Å². The van der Waals surface area contributed by atoms with Crippen molar-refractivity contribution < 1.29 is 24.5 Å². The van der Waals surface area contributed by atoms with Crippen LogP contribution in [0.15, 0.2) is 78.9 Å². The topological polar surface area (TPSA) is 95.9 Å². The van der Waals surface area contributed by atoms with E-state index in [0.29, 0.717) is 27.4 Å². The molecule has 6 nitrogen and oxygen atoms in total. The summed E-state index contributed by atoms with van der Waals surface area (Å²) < 4.78 is 5.12. The Bertz CT molecular complexity index is 1560. The number of aromatic hydroxyl groups is 1. The summed E-state index contributed by atoms with van der Waals surface area (Å²) in [5, 5.41) is 22.9. The fourth-order valence-electron chi connectivity index (χ4n) is 4.27. The van der Waals surface area contributed by atoms with Gasteiger partial charge in [-0.15, -0.1) is 0 Å². The van der Waals surface area contributed by atoms with E-state index >= 15 is 0 Å². The summed E-state index contributed by atoms with van der Waals surface area (Å²) >= 11 is 6.58. The molecule has 1 aliphatic heterocycles. The molecule has 0 aromatic heterocycles. The molecule has 0 bridgehead atoms. The molecule has 4 aromatic carbocycles. The number of carboxylic acid groups (broad SMARTS) is 1. The van der Waals surface area contributed by atoms with Crippen LogP contribution < -0.4 is 10.1 Å². The number of ether oxygens (including phenoxy) is 1. The number of benzene rings is 4. The maximum Gasteiger partial charge on any atom is 0.339 e. The number of nitrogens with one attached hydrogen (secondary N) is 1. The lowest BCUT2D eigenvalue weighted by molar-refractivity contribution is -0.110. The largest absolute Gasteiger partial charge is 0.507 e. The average molecular weight is 498 g/mol. The van der Waals surface area contributed by atoms with Crippen LogP contribution in [0.4, 0.5) is 5.69 Å². The van der Waals surface area contributed by atoms with Crippen LogP contribution >= 0.6 is 11.6 Å². The van der Waals surface area contributed by atoms with Gasteiger partial charge in [0.25, 0.3) is 5.91 Å². The van der Waals surface area contributed by atoms with Gasteiger partial charge in [0.05, 0.1) is 17.8 Å². The Kier molecular flexibility index (Phi) is 5.96. The van der Waals surface area contributed by atoms with Crippen LogP contribution in [0.1, 0.15) is 21.5 Å². The number of anilines is 1. The first-order chi connectivity index (χ1) is 17.4. The van der Waals surface area contributed by atoms with Crippen LogP contribution in [0.3, 0.4) is 0 Å². The molecule has 1 amide bonds. The molecule has 0 atom stereocenters. The summed E-state index contributed by atoms with van der Waals surface area (Å²) in [6, 6.07) is 23.0. The van der Waals surface area contributed by atoms with Gasteiger partial charge in [-0.3, -0.25) is 4.79 Å². The number of rotatable bonds is 5. The fourth-order valence-corrected chi connectivity index (χ4v) is 4.55. The van der Waals surface area contributed by atoms with E-state index in [2.05, 4.69) is 5.32 Å². The van der Waals surface area contributed by atoms with E-state index in [4.69, 9.17) is 16.3 Å². The Morgan fingerprint density at radius 1 is 0.917 bits per heavy atom. The van der Waals surface area contributed by atoms with Crippen LogP contribution in [0.2, 0.25) is 5.02 Å². The molecule has 0 spiro atoms. The molecule has 1 aliphatic rings. The van der Waals surface area contributed by atoms with Gasteiger partial charge in [-0.05, 0) is 53.1 Å². The Morgan fingerprint density at radius 3 is 2.28 bits per heavy atom. The van der Waals surface area contributed by atoms with Crippen molar-refractivity contribution in [1.82, 2.24) is 0 Å². The molecule has 7 heteroatoms. The van der Waals surface area contributed by atoms with E-state index in [1.165, 1.54) is 13.2 Å². The lowest BCUT2D eigenvalue weighted by atomic mass is 9.96. The molecule has 178 valence electrons. The highest BCUT2D eigenvalue weighted by atomic mass is 35.5. The smallest absolute Gasteiger partial charge is 0.339 e. The second-order valence-electron chi connectivity index (χ2n) is 8.25. The number of hydrogen-bond acceptors (Lipinski definition) is 4. The average Bonchev–Trinajstić information content (AvgIpc) is 3.17. The van der Waals surface area contributed by atoms with E-state index in [1.54, 1.807) is 36.4 Å². The first kappa shape index (κ1) is 23.2. The second-order valence-corrected chi connectivity index (χ2v) is 8.66. The minimum absolute atomic E-state index is 0.00631. The van der Waals surface area contributed by atoms with Crippen LogP contribution in [0.25, 0.3) is 33.9 Å². The minimum atomic E-state index is -1.12. The zero-order valence-corrected chi connectivity index (χ0v) is 19.8. The summed E-state index contributed by atoms with van der Waals surface area (Å²) in [7, 11) is 1.40. The Balaban J connectivity index is 1.55. The number of para-hydroxylation sites is 1. The normalized spacial score (nSPS) is 13.4. The van der Waals surface area contributed by atoms with Gasteiger partial charge in [0, 0.05) is 22.3 Å². The Hall–Kier alpha value is -4.55. The van der Waals surface area contributed by atoms with Crippen LogP contribution in [0, 0.1) is 0 Å². The van der Waals surface area contributed by atoms with Crippen molar-refractivity contribution in [1.29, 1.82) is 0 Å². The molecule has 0 saturated carbocycles. The molecule has 1 heterocycles. The monoisotopic (exact) mass is 497 g/mol. The third-order valence-electron chi connectivity index (χ3n) is 6.07. The van der Waals surface area contributed by atoms with Crippen LogP contribution in [0.5, 0.6) is 11.5 Å². The number of carbonyl (C=O) groups is 2. The van der Waals surface area contributed by atoms with Gasteiger partial charge < -0.3 is 20.3 Å². The first-order valence-electron chi connectivity index (χ1n) is 11.0. The molecule has 36 heavy (non-hydrogen) atoms. The fraction of sp³-hybridized carbons (Fsp3) is 0.0345. The summed E-state index contributed by atoms with van der Waals surface area (Å²) in [5.41, 5.74) is 5.37. The third-order valence-corrected chi connectivity index (χ3v) is 6.38. The van der Waals surface area contributed by atoms with Gasteiger partial charge in [0.2, 0.25) is 0 Å². The highest BCUT2D eigenvalue weighted by Crippen LogP contribution is 2.41. The zero-order chi connectivity index (χ0) is 25.4. The summed E-state index contributed by atoms with van der Waals surface area (Å²) in [4.78, 5) is 24.4. The lowest BCUT2D eigenvalue weighted by Gasteiger charge is -2.10. The van der Waals surface area contributed by atoms with Gasteiger partial charge in [0.1, 0.15) is 17.1 Å². The number of amides is 1. The number of hydrogen-bond donors (Lipinski definition) is 3. The number of carbonyl (C=O) groups excluding carboxylic acids is 1. The molecule has 0 aliphatic carbocycles. The molecular formula is C29H20ClNO5. The van der Waals surface area contributed by atoms with Crippen molar-refractivity contribution in [3.05, 3.63) is 101 Å². The highest BCUT2D eigenvalue weighted by molar-refractivity contribution is 6.38. The molecule has 0 saturated heterocycles. The quantitative estimate of drug-likeness (QED) is 0.271. The van der Waals surface area contributed by atoms with Gasteiger partial charge in [-0.2, -0.15) is 0 Å². The van der Waals surface area contributed by atoms with E-state index in [9.17, 15) is 19.8 Å². The van der Waals surface area contributed by atoms with Crippen molar-refractivity contribution in [2.45, 2.75) is 0 Å². The number of phenols is 1. The number of fused-ring (bicyclic) bond motifs is 1. The Morgan fingerprint density at radius 2 is 1.61 bits per heavy atom. The molecule has 3 N–H and O–H groups in total. The number of aromatic carboxylic acids is 1. The van der Waals surface area contributed by atoms with E-state index < -0.39 is 5.97 Å². The predicted octanol–water partition coefficient (Wildman–Crippen LogP) is 6.58. The molecule has 5 rings (SSSR count). The first-order valence-corrected chi connectivity index (χ1v) is 11.4. The predicted molar refractivity (Wildman–Crippen MR) is 140 cm³/mol. The maximum atomic E-state index is 12.8. The second kappa shape index (κ2) is 9.24. The summed E-state index contributed by atoms with van der Waals surface area (Å²) in [6.45, 7) is 0. The number of halogens is 1. The lowest BCUT2D eigenvalue weighted by Crippen LogP contribution is -2.04. The number of phenolic OH excluding ortho intramolecular Hbond substituents is 1. The maximum absolute atomic E-state index is 12.8. The van der Waals surface area contributed by atoms with Crippen molar-refractivity contribution in [2.75, 3.05) is 12.4 Å². The van der Waals surface area contributed by atoms with Crippen molar-refractivity contribution in [3.8, 4) is 33.8 Å². The standard InChI is InChI=1S/C29H20ClNO5/c1-36-27-11-6-16(13-23(27)29(34)35)12-22-21-14-20(24(30)15-25(21)31-28(22)33)18-9-7-17(8-10-18)19-4-2-3-5-26(19)32/h2-15,32H,1H3,(H,31,33)(H,34,35). The molecule has 0 fully saturated rings. The van der Waals surface area contributed by atoms with Gasteiger partial charge >= 0.3 is 5.97 Å². The Labute approximate surface area is 212 Å². The van der Waals surface area contributed by atoms with E-state index in [0.717, 1.165) is 22.3 Å². The molecule has 0 radical (unpaired) electrons. The molecule has 4 aromatic rings. The van der Waals surface area contributed by atoms with Crippen LogP contribution in [-0.2, 0) is 4.79 Å². The summed E-state index contributed by atoms with van der Waals surface area (Å²) in [5.74, 6) is -0.988. The summed E-state index contributed by atoms with van der Waals surface area (Å²) in [6.07, 6.45) is 1.64. The molecule has 0 unspecified atom stereocenters. The zero-order valence-electron chi connectivity index (χ0n) is 19.1. The van der Waals surface area contributed by atoms with Crippen molar-refractivity contribution >= 4 is 40.8 Å². The van der Waals surface area contributed by atoms with Gasteiger partial charge in [0.15, 0.2) is 0 Å². The van der Waals surface area contributed by atoms with Crippen LogP contribution in [-0.4, -0.2) is 29.2 Å². The van der Waals surface area contributed by atoms with Gasteiger partial charge in [-0.25, -0.2) is 4.79 Å². The van der Waals surface area contributed by atoms with Crippen molar-refractivity contribution in [2.24, 2.45) is 0 Å². The van der Waals surface area contributed by atoms with Gasteiger partial charge in [-0.1, -0.05) is 60.1 Å². The molecular weight excluding hydrogens is 478 g/mol. The van der Waals surface area contributed by atoms with Crippen molar-refractivity contribution in [3.63, 3.8) is 0 Å². The number of methoxy groups -OCH3 is 1. The highest BCUT2D eigenvalue weighted by Gasteiger charge is 2.26. The number of carboxylic acids is 1. The van der Waals surface area contributed by atoms with E-state index in [1.807, 2.05) is 42.5 Å². The third kappa shape index (κ3) is 4.19. The SMILES string of the molecule is COc1ccc(C=C2C(=O)Nc3cc(Cl)c(-c4ccc(-c5ccccc5O)cc4)cc32)cc1C(=O)O.